The third-order valence-electron chi connectivity index (χ3n) is 2.72. The van der Waals surface area contributed by atoms with E-state index in [0.29, 0.717) is 18.5 Å². The highest BCUT2D eigenvalue weighted by molar-refractivity contribution is 7.91. The van der Waals surface area contributed by atoms with Gasteiger partial charge in [0, 0.05) is 18.3 Å². The summed E-state index contributed by atoms with van der Waals surface area (Å²) in [6, 6.07) is 0.858. The Morgan fingerprint density at radius 2 is 2.17 bits per heavy atom. The zero-order valence-electron chi connectivity index (χ0n) is 10.3. The Balaban J connectivity index is 1.72. The lowest BCUT2D eigenvalue weighted by molar-refractivity contribution is 0.476. The molecule has 7 nitrogen and oxygen atoms in total. The molecule has 0 unspecified atom stereocenters. The number of nitrogens with one attached hydrogen (secondary N) is 2. The Hall–Kier alpha value is -1.15. The molecule has 0 spiro atoms. The summed E-state index contributed by atoms with van der Waals surface area (Å²) in [5.41, 5.74) is 0. The van der Waals surface area contributed by atoms with Crippen LogP contribution in [0.2, 0.25) is 0 Å². The molecule has 2 N–H and O–H groups in total. The molecule has 102 valence electrons. The van der Waals surface area contributed by atoms with Gasteiger partial charge in [-0.05, 0) is 12.8 Å². The first-order valence-corrected chi connectivity index (χ1v) is 7.91. The van der Waals surface area contributed by atoms with E-state index in [1.54, 1.807) is 6.92 Å². The second-order valence-electron chi connectivity index (χ2n) is 4.32. The lowest BCUT2D eigenvalue weighted by atomic mass is 10.6. The van der Waals surface area contributed by atoms with E-state index in [1.165, 1.54) is 12.8 Å². The first-order chi connectivity index (χ1) is 8.59. The van der Waals surface area contributed by atoms with E-state index < -0.39 is 9.84 Å². The predicted molar refractivity (Wildman–Crippen MR) is 67.0 cm³/mol. The molecule has 1 aromatic heterocycles. The van der Waals surface area contributed by atoms with Crippen LogP contribution < -0.4 is 10.6 Å². The Labute approximate surface area is 106 Å². The van der Waals surface area contributed by atoms with Crippen LogP contribution >= 0.6 is 0 Å². The highest BCUT2D eigenvalue weighted by Gasteiger charge is 2.21. The van der Waals surface area contributed by atoms with E-state index in [2.05, 4.69) is 20.8 Å². The molecular weight excluding hydrogens is 256 g/mol. The fourth-order valence-corrected chi connectivity index (χ4v) is 2.08. The van der Waals surface area contributed by atoms with Crippen molar-refractivity contribution in [3.63, 3.8) is 0 Å². The molecule has 1 aliphatic rings. The van der Waals surface area contributed by atoms with E-state index in [1.807, 2.05) is 0 Å². The summed E-state index contributed by atoms with van der Waals surface area (Å²) in [7, 11) is -2.96. The average Bonchev–Trinajstić information content (AvgIpc) is 3.07. The number of aromatic nitrogens is 2. The molecule has 1 aromatic rings. The second kappa shape index (κ2) is 5.66. The van der Waals surface area contributed by atoms with Crippen molar-refractivity contribution in [3.05, 3.63) is 5.89 Å². The molecule has 1 aliphatic carbocycles. The van der Waals surface area contributed by atoms with E-state index in [-0.39, 0.29) is 24.1 Å². The lowest BCUT2D eigenvalue weighted by Gasteiger charge is -2.01. The van der Waals surface area contributed by atoms with Crippen LogP contribution in [-0.4, -0.2) is 42.7 Å². The SMILES string of the molecule is CCS(=O)(=O)CCNc1nnc(CNC2CC2)o1. The van der Waals surface area contributed by atoms with E-state index >= 15 is 0 Å². The van der Waals surface area contributed by atoms with Gasteiger partial charge in [0.25, 0.3) is 0 Å². The maximum Gasteiger partial charge on any atom is 0.315 e. The van der Waals surface area contributed by atoms with Gasteiger partial charge in [0.15, 0.2) is 9.84 Å². The largest absolute Gasteiger partial charge is 0.407 e. The van der Waals surface area contributed by atoms with Crippen molar-refractivity contribution in [3.8, 4) is 0 Å². The number of sulfone groups is 1. The molecule has 0 aliphatic heterocycles. The van der Waals surface area contributed by atoms with Crippen LogP contribution in [0.1, 0.15) is 25.7 Å². The molecular formula is C10H18N4O3S. The second-order valence-corrected chi connectivity index (χ2v) is 6.79. The monoisotopic (exact) mass is 274 g/mol. The average molecular weight is 274 g/mol. The summed E-state index contributed by atoms with van der Waals surface area (Å²) in [4.78, 5) is 0. The van der Waals surface area contributed by atoms with Gasteiger partial charge in [0.2, 0.25) is 5.89 Å². The van der Waals surface area contributed by atoms with Crippen molar-refractivity contribution in [1.82, 2.24) is 15.5 Å². The van der Waals surface area contributed by atoms with Gasteiger partial charge >= 0.3 is 6.01 Å². The van der Waals surface area contributed by atoms with Crippen molar-refractivity contribution in [2.24, 2.45) is 0 Å². The fraction of sp³-hybridized carbons (Fsp3) is 0.800. The van der Waals surface area contributed by atoms with Crippen molar-refractivity contribution in [2.45, 2.75) is 32.4 Å². The lowest BCUT2D eigenvalue weighted by Crippen LogP contribution is -2.17. The van der Waals surface area contributed by atoms with Gasteiger partial charge < -0.3 is 15.1 Å². The van der Waals surface area contributed by atoms with Crippen LogP contribution in [0, 0.1) is 0 Å². The third kappa shape index (κ3) is 4.26. The fourth-order valence-electron chi connectivity index (χ4n) is 1.37. The van der Waals surface area contributed by atoms with Gasteiger partial charge in [-0.2, -0.15) is 0 Å². The molecule has 0 radical (unpaired) electrons. The van der Waals surface area contributed by atoms with Crippen LogP contribution in [0.15, 0.2) is 4.42 Å². The van der Waals surface area contributed by atoms with E-state index in [4.69, 9.17) is 4.42 Å². The molecule has 1 saturated carbocycles. The first kappa shape index (κ1) is 13.3. The summed E-state index contributed by atoms with van der Waals surface area (Å²) in [6.07, 6.45) is 2.41. The molecule has 2 rings (SSSR count). The highest BCUT2D eigenvalue weighted by atomic mass is 32.2. The number of hydrogen-bond acceptors (Lipinski definition) is 7. The van der Waals surface area contributed by atoms with Crippen LogP contribution in [0.3, 0.4) is 0 Å². The molecule has 0 aromatic carbocycles. The molecule has 0 amide bonds. The number of rotatable bonds is 8. The van der Waals surface area contributed by atoms with Crippen molar-refractivity contribution >= 4 is 15.9 Å². The smallest absolute Gasteiger partial charge is 0.315 e. The zero-order valence-corrected chi connectivity index (χ0v) is 11.2. The standard InChI is InChI=1S/C10H18N4O3S/c1-2-18(15,16)6-5-11-10-14-13-9(17-10)7-12-8-3-4-8/h8,12H,2-7H2,1H3,(H,11,14). The molecule has 0 saturated heterocycles. The molecule has 1 heterocycles. The maximum atomic E-state index is 11.3. The number of anilines is 1. The summed E-state index contributed by atoms with van der Waals surface area (Å²) < 4.78 is 27.8. The maximum absolute atomic E-state index is 11.3. The molecule has 18 heavy (non-hydrogen) atoms. The normalized spacial score (nSPS) is 15.8. The number of hydrogen-bond donors (Lipinski definition) is 2. The molecule has 8 heteroatoms. The summed E-state index contributed by atoms with van der Waals surface area (Å²) in [5, 5.41) is 13.7. The van der Waals surface area contributed by atoms with Gasteiger partial charge in [-0.15, -0.1) is 5.10 Å². The minimum absolute atomic E-state index is 0.0710. The van der Waals surface area contributed by atoms with Crippen molar-refractivity contribution in [2.75, 3.05) is 23.4 Å². The van der Waals surface area contributed by atoms with E-state index in [9.17, 15) is 8.42 Å². The Bertz CT molecular complexity index is 481. The third-order valence-corrected chi connectivity index (χ3v) is 4.42. The van der Waals surface area contributed by atoms with Gasteiger partial charge in [-0.25, -0.2) is 8.42 Å². The topological polar surface area (TPSA) is 97.1 Å². The summed E-state index contributed by atoms with van der Waals surface area (Å²) >= 11 is 0. The Morgan fingerprint density at radius 3 is 2.83 bits per heavy atom. The van der Waals surface area contributed by atoms with Gasteiger partial charge in [0.1, 0.15) is 0 Å². The Kier molecular flexibility index (Phi) is 4.18. The van der Waals surface area contributed by atoms with Gasteiger partial charge in [-0.1, -0.05) is 12.0 Å². The van der Waals surface area contributed by atoms with Crippen LogP contribution in [0.4, 0.5) is 6.01 Å². The predicted octanol–water partition coefficient (Wildman–Crippen LogP) is 0.168. The number of nitrogens with zero attached hydrogens (tertiary/aromatic N) is 2. The van der Waals surface area contributed by atoms with Crippen molar-refractivity contribution in [1.29, 1.82) is 0 Å². The van der Waals surface area contributed by atoms with Crippen LogP contribution in [0.25, 0.3) is 0 Å². The van der Waals surface area contributed by atoms with E-state index in [0.717, 1.165) is 0 Å². The molecule has 1 fully saturated rings. The summed E-state index contributed by atoms with van der Waals surface area (Å²) in [6.45, 7) is 2.48. The minimum atomic E-state index is -2.96. The van der Waals surface area contributed by atoms with Crippen LogP contribution in [0.5, 0.6) is 0 Å². The summed E-state index contributed by atoms with van der Waals surface area (Å²) in [5.74, 6) is 0.735. The quantitative estimate of drug-likeness (QED) is 0.697. The first-order valence-electron chi connectivity index (χ1n) is 6.09. The van der Waals surface area contributed by atoms with Crippen molar-refractivity contribution < 1.29 is 12.8 Å². The van der Waals surface area contributed by atoms with Crippen LogP contribution in [-0.2, 0) is 16.4 Å². The Morgan fingerprint density at radius 1 is 1.39 bits per heavy atom. The van der Waals surface area contributed by atoms with Gasteiger partial charge in [-0.3, -0.25) is 0 Å². The zero-order chi connectivity index (χ0) is 13.0. The molecule has 0 bridgehead atoms. The highest BCUT2D eigenvalue weighted by Crippen LogP contribution is 2.19. The van der Waals surface area contributed by atoms with Gasteiger partial charge in [0.05, 0.1) is 12.3 Å². The minimum Gasteiger partial charge on any atom is -0.407 e. The molecule has 0 atom stereocenters.